The van der Waals surface area contributed by atoms with Crippen LogP contribution in [0.2, 0.25) is 0 Å². The minimum Gasteiger partial charge on any atom is -0.490 e. The van der Waals surface area contributed by atoms with Crippen molar-refractivity contribution in [2.75, 3.05) is 13.2 Å². The number of rotatable bonds is 10. The van der Waals surface area contributed by atoms with E-state index >= 15 is 0 Å². The maximum Gasteiger partial charge on any atom is 0.331 e. The van der Waals surface area contributed by atoms with Gasteiger partial charge in [-0.2, -0.15) is 0 Å². The Morgan fingerprint density at radius 2 is 1.90 bits per heavy atom. The molecule has 0 bridgehead atoms. The van der Waals surface area contributed by atoms with Crippen molar-refractivity contribution < 1.29 is 27.8 Å². The Hall–Kier alpha value is -3.61. The Kier molecular flexibility index (Phi) is 7.81. The number of hydrogen-bond donors (Lipinski definition) is 0. The second-order valence-corrected chi connectivity index (χ2v) is 6.55. The molecule has 0 aliphatic rings. The van der Waals surface area contributed by atoms with Crippen LogP contribution in [-0.4, -0.2) is 24.2 Å². The SMILES string of the molecule is CCCOc1ccc(/C=C/C(=O)OCc2ncc(-c3ccc(F)cc3)o2)cc1OCC. The molecule has 0 aliphatic heterocycles. The third-order valence-corrected chi connectivity index (χ3v) is 4.16. The second-order valence-electron chi connectivity index (χ2n) is 6.55. The van der Waals surface area contributed by atoms with Gasteiger partial charge in [0.05, 0.1) is 19.4 Å². The number of oxazole rings is 1. The number of halogens is 1. The summed E-state index contributed by atoms with van der Waals surface area (Å²) >= 11 is 0. The minimum atomic E-state index is -0.536. The number of hydrogen-bond acceptors (Lipinski definition) is 6. The van der Waals surface area contributed by atoms with E-state index in [1.165, 1.54) is 24.4 Å². The Bertz CT molecular complexity index is 1030. The van der Waals surface area contributed by atoms with Gasteiger partial charge in [-0.05, 0) is 61.4 Å². The van der Waals surface area contributed by atoms with E-state index in [9.17, 15) is 9.18 Å². The molecule has 3 aromatic rings. The number of aromatic nitrogens is 1. The molecule has 0 N–H and O–H groups in total. The van der Waals surface area contributed by atoms with Crippen LogP contribution in [0.4, 0.5) is 4.39 Å². The highest BCUT2D eigenvalue weighted by atomic mass is 19.1. The number of carbonyl (C=O) groups is 1. The highest BCUT2D eigenvalue weighted by Gasteiger charge is 2.09. The van der Waals surface area contributed by atoms with Crippen molar-refractivity contribution in [3.63, 3.8) is 0 Å². The molecule has 0 saturated heterocycles. The van der Waals surface area contributed by atoms with E-state index in [0.29, 0.717) is 36.0 Å². The predicted molar refractivity (Wildman–Crippen MR) is 114 cm³/mol. The molecule has 6 nitrogen and oxygen atoms in total. The van der Waals surface area contributed by atoms with E-state index in [2.05, 4.69) is 4.98 Å². The summed E-state index contributed by atoms with van der Waals surface area (Å²) in [6, 6.07) is 11.3. The molecule has 3 rings (SSSR count). The van der Waals surface area contributed by atoms with Crippen molar-refractivity contribution in [2.45, 2.75) is 26.9 Å². The van der Waals surface area contributed by atoms with Crippen LogP contribution in [-0.2, 0) is 16.1 Å². The summed E-state index contributed by atoms with van der Waals surface area (Å²) in [5, 5.41) is 0. The second kappa shape index (κ2) is 11.0. The van der Waals surface area contributed by atoms with Gasteiger partial charge < -0.3 is 18.6 Å². The van der Waals surface area contributed by atoms with Gasteiger partial charge in [0.15, 0.2) is 23.9 Å². The molecule has 162 valence electrons. The summed E-state index contributed by atoms with van der Waals surface area (Å²) in [6.45, 7) is 4.93. The standard InChI is InChI=1S/C24H24FNO5/c1-3-13-29-20-11-5-17(14-21(20)28-4-2)6-12-24(27)30-16-23-26-15-22(31-23)18-7-9-19(25)10-8-18/h5-12,14-15H,3-4,13,16H2,1-2H3/b12-6+. The largest absolute Gasteiger partial charge is 0.490 e. The lowest BCUT2D eigenvalue weighted by Crippen LogP contribution is -2.01. The molecule has 0 saturated carbocycles. The Morgan fingerprint density at radius 1 is 1.10 bits per heavy atom. The van der Waals surface area contributed by atoms with Gasteiger partial charge in [0.1, 0.15) is 5.82 Å². The summed E-state index contributed by atoms with van der Waals surface area (Å²) in [4.78, 5) is 16.1. The molecular formula is C24H24FNO5. The molecule has 0 fully saturated rings. The zero-order valence-corrected chi connectivity index (χ0v) is 17.5. The van der Waals surface area contributed by atoms with Crippen LogP contribution in [0.1, 0.15) is 31.7 Å². The molecule has 0 amide bonds. The summed E-state index contributed by atoms with van der Waals surface area (Å²) in [5.74, 6) is 1.14. The van der Waals surface area contributed by atoms with Crippen LogP contribution < -0.4 is 9.47 Å². The highest BCUT2D eigenvalue weighted by molar-refractivity contribution is 5.87. The predicted octanol–water partition coefficient (Wildman–Crippen LogP) is 5.42. The molecule has 0 spiro atoms. The Labute approximate surface area is 180 Å². The van der Waals surface area contributed by atoms with Gasteiger partial charge in [-0.15, -0.1) is 0 Å². The molecule has 2 aromatic carbocycles. The first-order chi connectivity index (χ1) is 15.1. The van der Waals surface area contributed by atoms with Crippen molar-refractivity contribution in [2.24, 2.45) is 0 Å². The monoisotopic (exact) mass is 425 g/mol. The number of carbonyl (C=O) groups excluding carboxylic acids is 1. The molecule has 0 aliphatic carbocycles. The van der Waals surface area contributed by atoms with Crippen molar-refractivity contribution in [3.8, 4) is 22.8 Å². The average molecular weight is 425 g/mol. The quantitative estimate of drug-likeness (QED) is 0.319. The van der Waals surface area contributed by atoms with Gasteiger partial charge >= 0.3 is 5.97 Å². The molecule has 1 aromatic heterocycles. The highest BCUT2D eigenvalue weighted by Crippen LogP contribution is 2.29. The molecule has 0 unspecified atom stereocenters. The number of ether oxygens (including phenoxy) is 3. The lowest BCUT2D eigenvalue weighted by molar-refractivity contribution is -0.139. The van der Waals surface area contributed by atoms with Crippen molar-refractivity contribution in [3.05, 3.63) is 72.0 Å². The number of esters is 1. The van der Waals surface area contributed by atoms with Gasteiger partial charge in [-0.3, -0.25) is 0 Å². The maximum absolute atomic E-state index is 13.0. The van der Waals surface area contributed by atoms with E-state index in [1.54, 1.807) is 24.3 Å². The van der Waals surface area contributed by atoms with Gasteiger partial charge in [-0.1, -0.05) is 13.0 Å². The first kappa shape index (κ1) is 22.1. The van der Waals surface area contributed by atoms with E-state index in [-0.39, 0.29) is 18.3 Å². The minimum absolute atomic E-state index is 0.113. The van der Waals surface area contributed by atoms with E-state index in [0.717, 1.165) is 12.0 Å². The van der Waals surface area contributed by atoms with Crippen LogP contribution in [0, 0.1) is 5.82 Å². The van der Waals surface area contributed by atoms with Crippen LogP contribution in [0.3, 0.4) is 0 Å². The lowest BCUT2D eigenvalue weighted by atomic mass is 10.2. The first-order valence-electron chi connectivity index (χ1n) is 10.0. The van der Waals surface area contributed by atoms with Crippen LogP contribution in [0.15, 0.2) is 59.2 Å². The third kappa shape index (κ3) is 6.44. The van der Waals surface area contributed by atoms with Gasteiger partial charge in [0.25, 0.3) is 0 Å². The molecule has 31 heavy (non-hydrogen) atoms. The van der Waals surface area contributed by atoms with E-state index in [1.807, 2.05) is 26.0 Å². The normalized spacial score (nSPS) is 10.9. The van der Waals surface area contributed by atoms with Crippen LogP contribution in [0.25, 0.3) is 17.4 Å². The summed E-state index contributed by atoms with van der Waals surface area (Å²) in [5.41, 5.74) is 1.46. The Balaban J connectivity index is 1.57. The fourth-order valence-electron chi connectivity index (χ4n) is 2.70. The molecule has 1 heterocycles. The van der Waals surface area contributed by atoms with Crippen LogP contribution in [0.5, 0.6) is 11.5 Å². The average Bonchev–Trinajstić information content (AvgIpc) is 3.25. The van der Waals surface area contributed by atoms with Crippen molar-refractivity contribution in [1.82, 2.24) is 4.98 Å². The fraction of sp³-hybridized carbons (Fsp3) is 0.250. The van der Waals surface area contributed by atoms with Gasteiger partial charge in [0, 0.05) is 11.6 Å². The molecule has 0 atom stereocenters. The van der Waals surface area contributed by atoms with Crippen molar-refractivity contribution in [1.29, 1.82) is 0 Å². The molecular weight excluding hydrogens is 401 g/mol. The van der Waals surface area contributed by atoms with E-state index < -0.39 is 5.97 Å². The summed E-state index contributed by atoms with van der Waals surface area (Å²) < 4.78 is 35.0. The fourth-order valence-corrected chi connectivity index (χ4v) is 2.70. The van der Waals surface area contributed by atoms with E-state index in [4.69, 9.17) is 18.6 Å². The van der Waals surface area contributed by atoms with Gasteiger partial charge in [0.2, 0.25) is 5.89 Å². The van der Waals surface area contributed by atoms with Crippen molar-refractivity contribution >= 4 is 12.0 Å². The number of benzene rings is 2. The Morgan fingerprint density at radius 3 is 2.65 bits per heavy atom. The first-order valence-corrected chi connectivity index (χ1v) is 10.0. The summed E-state index contributed by atoms with van der Waals surface area (Å²) in [6.07, 6.45) is 5.36. The van der Waals surface area contributed by atoms with Gasteiger partial charge in [-0.25, -0.2) is 14.2 Å². The zero-order chi connectivity index (χ0) is 22.1. The maximum atomic E-state index is 13.0. The zero-order valence-electron chi connectivity index (χ0n) is 17.5. The molecule has 0 radical (unpaired) electrons. The number of nitrogens with zero attached hydrogens (tertiary/aromatic N) is 1. The molecule has 7 heteroatoms. The van der Waals surface area contributed by atoms with Crippen LogP contribution >= 0.6 is 0 Å². The third-order valence-electron chi connectivity index (χ3n) is 4.16. The smallest absolute Gasteiger partial charge is 0.331 e. The lowest BCUT2D eigenvalue weighted by Gasteiger charge is -2.12. The summed E-state index contributed by atoms with van der Waals surface area (Å²) in [7, 11) is 0. The topological polar surface area (TPSA) is 70.8 Å².